The van der Waals surface area contributed by atoms with E-state index in [0.29, 0.717) is 0 Å². The van der Waals surface area contributed by atoms with Crippen molar-refractivity contribution in [3.05, 3.63) is 64.7 Å². The van der Waals surface area contributed by atoms with Crippen LogP contribution in [0.2, 0.25) is 0 Å². The Bertz CT molecular complexity index is 727. The summed E-state index contributed by atoms with van der Waals surface area (Å²) in [6, 6.07) is 5.44. The van der Waals surface area contributed by atoms with Crippen molar-refractivity contribution in [1.82, 2.24) is 5.32 Å². The van der Waals surface area contributed by atoms with Crippen molar-refractivity contribution >= 4 is 11.9 Å². The van der Waals surface area contributed by atoms with Crippen LogP contribution in [-0.2, 0) is 20.7 Å². The summed E-state index contributed by atoms with van der Waals surface area (Å²) in [6.07, 6.45) is 5.38. The van der Waals surface area contributed by atoms with E-state index in [1.165, 1.54) is 36.6 Å². The molecular weight excluding hydrogens is 336 g/mol. The quantitative estimate of drug-likeness (QED) is 0.194. The van der Waals surface area contributed by atoms with Crippen molar-refractivity contribution in [1.29, 1.82) is 0 Å². The molecule has 0 aliphatic heterocycles. The molecule has 0 fully saturated rings. The molecule has 0 heterocycles. The van der Waals surface area contributed by atoms with Gasteiger partial charge in [-0.05, 0) is 44.0 Å². The minimum atomic E-state index is -0.892. The number of benzene rings is 1. The Morgan fingerprint density at radius 2 is 1.96 bits per heavy atom. The molecule has 0 saturated carbocycles. The van der Waals surface area contributed by atoms with E-state index in [0.717, 1.165) is 5.56 Å². The summed E-state index contributed by atoms with van der Waals surface area (Å²) in [6.45, 7) is 5.22. The molecule has 1 aromatic rings. The van der Waals surface area contributed by atoms with Crippen molar-refractivity contribution in [3.8, 4) is 5.75 Å². The summed E-state index contributed by atoms with van der Waals surface area (Å²) in [5.74, 6) is -0.941. The Kier molecular flexibility index (Phi) is 7.92. The Hall–Kier alpha value is -3.25. The Balaban J connectivity index is 2.85. The SMILES string of the molecule is CC(C)(C)OC(=O)[C@@H](Cc1ccc(O)cc1)NC(=O)/C=C/C=C/N=[N+]=[N-]. The number of carbonyl (C=O) groups is 2. The van der Waals surface area contributed by atoms with Crippen LogP contribution in [0, 0.1) is 0 Å². The number of hydrogen-bond donors (Lipinski definition) is 2. The number of nitrogens with one attached hydrogen (secondary N) is 1. The van der Waals surface area contributed by atoms with Gasteiger partial charge in [-0.1, -0.05) is 29.4 Å². The Labute approximate surface area is 151 Å². The van der Waals surface area contributed by atoms with Crippen LogP contribution >= 0.6 is 0 Å². The summed E-state index contributed by atoms with van der Waals surface area (Å²) >= 11 is 0. The highest BCUT2D eigenvalue weighted by molar-refractivity contribution is 5.91. The molecule has 1 atom stereocenters. The van der Waals surface area contributed by atoms with Gasteiger partial charge in [-0.2, -0.15) is 0 Å². The van der Waals surface area contributed by atoms with Crippen LogP contribution in [-0.4, -0.2) is 28.6 Å². The Morgan fingerprint density at radius 3 is 2.54 bits per heavy atom. The number of ether oxygens (including phenoxy) is 1. The maximum atomic E-state index is 12.4. The standard InChI is InChI=1S/C18H22N4O4/c1-18(2,3)26-17(25)15(12-13-7-9-14(23)10-8-13)21-16(24)6-4-5-11-20-22-19/h4-11,15,23H,12H2,1-3H3,(H,21,24)/b6-4+,11-5+/t15-/m1/s1. The number of azide groups is 1. The molecule has 0 radical (unpaired) electrons. The average Bonchev–Trinajstić information content (AvgIpc) is 2.54. The van der Waals surface area contributed by atoms with E-state index >= 15 is 0 Å². The van der Waals surface area contributed by atoms with Crippen molar-refractivity contribution < 1.29 is 19.4 Å². The molecule has 0 aliphatic carbocycles. The minimum Gasteiger partial charge on any atom is -0.508 e. The van der Waals surface area contributed by atoms with Gasteiger partial charge in [0.15, 0.2) is 0 Å². The molecule has 138 valence electrons. The number of esters is 1. The average molecular weight is 358 g/mol. The number of rotatable bonds is 7. The summed E-state index contributed by atoms with van der Waals surface area (Å²) < 4.78 is 5.36. The first-order chi connectivity index (χ1) is 12.2. The van der Waals surface area contributed by atoms with E-state index in [2.05, 4.69) is 15.3 Å². The van der Waals surface area contributed by atoms with Crippen molar-refractivity contribution in [2.75, 3.05) is 0 Å². The van der Waals surface area contributed by atoms with Gasteiger partial charge >= 0.3 is 5.97 Å². The molecule has 0 spiro atoms. The predicted molar refractivity (Wildman–Crippen MR) is 97.0 cm³/mol. The topological polar surface area (TPSA) is 124 Å². The van der Waals surface area contributed by atoms with Crippen LogP contribution in [0.3, 0.4) is 0 Å². The first kappa shape index (κ1) is 20.8. The summed E-state index contributed by atoms with van der Waals surface area (Å²) in [7, 11) is 0. The molecule has 26 heavy (non-hydrogen) atoms. The lowest BCUT2D eigenvalue weighted by molar-refractivity contribution is -0.158. The van der Waals surface area contributed by atoms with Gasteiger partial charge in [-0.3, -0.25) is 4.79 Å². The van der Waals surface area contributed by atoms with Crippen LogP contribution in [0.5, 0.6) is 5.75 Å². The number of phenols is 1. The largest absolute Gasteiger partial charge is 0.508 e. The van der Waals surface area contributed by atoms with Gasteiger partial charge in [0.1, 0.15) is 17.4 Å². The lowest BCUT2D eigenvalue weighted by atomic mass is 10.1. The van der Waals surface area contributed by atoms with E-state index in [1.54, 1.807) is 32.9 Å². The monoisotopic (exact) mass is 358 g/mol. The van der Waals surface area contributed by atoms with Gasteiger partial charge in [-0.25, -0.2) is 4.79 Å². The first-order valence-corrected chi connectivity index (χ1v) is 7.90. The summed E-state index contributed by atoms with van der Waals surface area (Å²) in [4.78, 5) is 27.0. The third-order valence-electron chi connectivity index (χ3n) is 2.95. The number of amides is 1. The zero-order valence-corrected chi connectivity index (χ0v) is 14.9. The van der Waals surface area contributed by atoms with Gasteiger partial charge in [-0.15, -0.1) is 0 Å². The van der Waals surface area contributed by atoms with Crippen LogP contribution in [0.15, 0.2) is 53.8 Å². The van der Waals surface area contributed by atoms with Crippen LogP contribution < -0.4 is 5.32 Å². The fraction of sp³-hybridized carbons (Fsp3) is 0.333. The number of aromatic hydroxyl groups is 1. The summed E-state index contributed by atoms with van der Waals surface area (Å²) in [5, 5.41) is 15.1. The number of phenolic OH excluding ortho intramolecular Hbond substituents is 1. The second kappa shape index (κ2) is 9.90. The zero-order chi connectivity index (χ0) is 19.6. The van der Waals surface area contributed by atoms with E-state index in [4.69, 9.17) is 10.3 Å². The molecular formula is C18H22N4O4. The summed E-state index contributed by atoms with van der Waals surface area (Å²) in [5.41, 5.74) is 8.21. The highest BCUT2D eigenvalue weighted by atomic mass is 16.6. The van der Waals surface area contributed by atoms with E-state index in [1.807, 2.05) is 0 Å². The van der Waals surface area contributed by atoms with Gasteiger partial charge < -0.3 is 15.2 Å². The number of hydrogen-bond acceptors (Lipinski definition) is 5. The lowest BCUT2D eigenvalue weighted by Gasteiger charge is -2.24. The van der Waals surface area contributed by atoms with E-state index < -0.39 is 23.5 Å². The number of carbonyl (C=O) groups excluding carboxylic acids is 2. The minimum absolute atomic E-state index is 0.112. The normalized spacial score (nSPS) is 12.6. The smallest absolute Gasteiger partial charge is 0.329 e. The molecule has 0 bridgehead atoms. The van der Waals surface area contributed by atoms with Crippen LogP contribution in [0.4, 0.5) is 0 Å². The fourth-order valence-electron chi connectivity index (χ4n) is 1.91. The maximum Gasteiger partial charge on any atom is 0.329 e. The molecule has 1 amide bonds. The molecule has 0 aliphatic rings. The third kappa shape index (κ3) is 8.56. The highest BCUT2D eigenvalue weighted by Crippen LogP contribution is 2.14. The van der Waals surface area contributed by atoms with Gasteiger partial charge in [0.2, 0.25) is 5.91 Å². The van der Waals surface area contributed by atoms with Crippen molar-refractivity contribution in [3.63, 3.8) is 0 Å². The van der Waals surface area contributed by atoms with Crippen LogP contribution in [0.25, 0.3) is 10.4 Å². The lowest BCUT2D eigenvalue weighted by Crippen LogP contribution is -2.45. The molecule has 2 N–H and O–H groups in total. The predicted octanol–water partition coefficient (Wildman–Crippen LogP) is 3.14. The van der Waals surface area contributed by atoms with E-state index in [9.17, 15) is 14.7 Å². The first-order valence-electron chi connectivity index (χ1n) is 7.90. The molecule has 8 nitrogen and oxygen atoms in total. The fourth-order valence-corrected chi connectivity index (χ4v) is 1.91. The second-order valence-corrected chi connectivity index (χ2v) is 6.37. The van der Waals surface area contributed by atoms with Gasteiger partial charge in [0.05, 0.1) is 0 Å². The second-order valence-electron chi connectivity index (χ2n) is 6.37. The number of nitrogens with zero attached hydrogens (tertiary/aromatic N) is 3. The van der Waals surface area contributed by atoms with Crippen molar-refractivity contribution in [2.24, 2.45) is 5.11 Å². The number of allylic oxidation sites excluding steroid dienone is 2. The molecule has 8 heteroatoms. The zero-order valence-electron chi connectivity index (χ0n) is 14.9. The van der Waals surface area contributed by atoms with Crippen molar-refractivity contribution in [2.45, 2.75) is 38.8 Å². The third-order valence-corrected chi connectivity index (χ3v) is 2.95. The Morgan fingerprint density at radius 1 is 1.31 bits per heavy atom. The highest BCUT2D eigenvalue weighted by Gasteiger charge is 2.26. The molecule has 0 saturated heterocycles. The molecule has 0 aromatic heterocycles. The molecule has 1 aromatic carbocycles. The molecule has 0 unspecified atom stereocenters. The van der Waals surface area contributed by atoms with Crippen LogP contribution in [0.1, 0.15) is 26.3 Å². The van der Waals surface area contributed by atoms with E-state index in [-0.39, 0.29) is 12.2 Å². The van der Waals surface area contributed by atoms with Gasteiger partial charge in [0.25, 0.3) is 0 Å². The maximum absolute atomic E-state index is 12.4. The van der Waals surface area contributed by atoms with Gasteiger partial charge in [0, 0.05) is 23.6 Å². The molecule has 1 rings (SSSR count).